The van der Waals surface area contributed by atoms with Gasteiger partial charge >= 0.3 is 6.18 Å². The maximum atomic E-state index is 12.6. The van der Waals surface area contributed by atoms with Crippen molar-refractivity contribution < 1.29 is 13.2 Å². The van der Waals surface area contributed by atoms with Gasteiger partial charge < -0.3 is 5.32 Å². The molecule has 0 radical (unpaired) electrons. The van der Waals surface area contributed by atoms with E-state index in [9.17, 15) is 13.2 Å². The van der Waals surface area contributed by atoms with E-state index in [0.29, 0.717) is 6.54 Å². The highest BCUT2D eigenvalue weighted by Gasteiger charge is 2.31. The Morgan fingerprint density at radius 2 is 2.05 bits per heavy atom. The minimum absolute atomic E-state index is 0.101. The molecule has 0 unspecified atom stereocenters. The summed E-state index contributed by atoms with van der Waals surface area (Å²) in [4.78, 5) is 4.79. The van der Waals surface area contributed by atoms with Crippen LogP contribution >= 0.6 is 38.9 Å². The van der Waals surface area contributed by atoms with Crippen LogP contribution in [0.25, 0.3) is 0 Å². The summed E-state index contributed by atoms with van der Waals surface area (Å²) in [6.07, 6.45) is -4.44. The minimum Gasteiger partial charge on any atom is -0.365 e. The zero-order valence-electron chi connectivity index (χ0n) is 9.26. The fourth-order valence-electron chi connectivity index (χ4n) is 1.38. The fourth-order valence-corrected chi connectivity index (χ4v) is 3.01. The van der Waals surface area contributed by atoms with Crippen molar-refractivity contribution >= 4 is 44.7 Å². The molecule has 2 heterocycles. The minimum atomic E-state index is -4.44. The number of nitrogens with one attached hydrogen (secondary N) is 1. The van der Waals surface area contributed by atoms with E-state index in [1.54, 1.807) is 0 Å². The smallest absolute Gasteiger partial charge is 0.365 e. The molecule has 0 spiro atoms. The van der Waals surface area contributed by atoms with Gasteiger partial charge in [-0.1, -0.05) is 11.6 Å². The normalized spacial score (nSPS) is 11.6. The summed E-state index contributed by atoms with van der Waals surface area (Å²) in [6, 6.07) is 5.48. The number of hydrogen-bond donors (Lipinski definition) is 1. The molecule has 1 N–H and O–H groups in total. The Morgan fingerprint density at radius 1 is 1.32 bits per heavy atom. The second-order valence-electron chi connectivity index (χ2n) is 3.62. The molecule has 0 aliphatic carbocycles. The van der Waals surface area contributed by atoms with Gasteiger partial charge in [0, 0.05) is 4.88 Å². The van der Waals surface area contributed by atoms with E-state index in [2.05, 4.69) is 26.2 Å². The molecule has 8 heteroatoms. The number of alkyl halides is 3. The summed E-state index contributed by atoms with van der Waals surface area (Å²) in [5.41, 5.74) is -0.817. The molecule has 19 heavy (non-hydrogen) atoms. The Hall–Kier alpha value is -0.790. The van der Waals surface area contributed by atoms with Gasteiger partial charge in [0.1, 0.15) is 11.0 Å². The van der Waals surface area contributed by atoms with Gasteiger partial charge in [0.15, 0.2) is 0 Å². The number of nitrogens with zero attached hydrogens (tertiary/aromatic N) is 1. The van der Waals surface area contributed by atoms with Gasteiger partial charge in [-0.3, -0.25) is 0 Å². The Kier molecular flexibility index (Phi) is 4.37. The average Bonchev–Trinajstić information content (AvgIpc) is 2.71. The average molecular weight is 372 g/mol. The molecular weight excluding hydrogens is 365 g/mol. The standard InChI is InChI=1S/C11H7BrClF3N2S/c12-8-2-1-7(19-8)5-17-10-4-6(11(14,15)16)3-9(13)18-10/h1-4H,5H2,(H,17,18). The van der Waals surface area contributed by atoms with Crippen LogP contribution in [-0.2, 0) is 12.7 Å². The molecule has 102 valence electrons. The highest BCUT2D eigenvalue weighted by atomic mass is 79.9. The number of rotatable bonds is 3. The van der Waals surface area contributed by atoms with Crippen LogP contribution in [0.5, 0.6) is 0 Å². The van der Waals surface area contributed by atoms with Gasteiger partial charge in [-0.05, 0) is 40.2 Å². The second-order valence-corrected chi connectivity index (χ2v) is 6.56. The highest BCUT2D eigenvalue weighted by molar-refractivity contribution is 9.11. The zero-order valence-corrected chi connectivity index (χ0v) is 12.4. The molecule has 0 saturated heterocycles. The Morgan fingerprint density at radius 3 is 2.63 bits per heavy atom. The molecule has 0 fully saturated rings. The van der Waals surface area contributed by atoms with Crippen molar-refractivity contribution in [1.82, 2.24) is 4.98 Å². The summed E-state index contributed by atoms with van der Waals surface area (Å²) >= 11 is 10.4. The molecule has 2 nitrogen and oxygen atoms in total. The third kappa shape index (κ3) is 4.09. The summed E-state index contributed by atoms with van der Waals surface area (Å²) in [5.74, 6) is 0.101. The molecule has 0 aliphatic heterocycles. The number of halogens is 5. The third-order valence-corrected chi connectivity index (χ3v) is 4.01. The first-order valence-electron chi connectivity index (χ1n) is 5.07. The lowest BCUT2D eigenvalue weighted by atomic mass is 10.2. The van der Waals surface area contributed by atoms with Crippen LogP contribution in [-0.4, -0.2) is 4.98 Å². The number of anilines is 1. The quantitative estimate of drug-likeness (QED) is 0.751. The van der Waals surface area contributed by atoms with E-state index in [4.69, 9.17) is 11.6 Å². The van der Waals surface area contributed by atoms with Crippen LogP contribution in [0.1, 0.15) is 10.4 Å². The SMILES string of the molecule is FC(F)(F)c1cc(Cl)nc(NCc2ccc(Br)s2)c1. The number of aromatic nitrogens is 1. The van der Waals surface area contributed by atoms with Crippen molar-refractivity contribution in [2.45, 2.75) is 12.7 Å². The van der Waals surface area contributed by atoms with Gasteiger partial charge in [-0.15, -0.1) is 11.3 Å². The zero-order chi connectivity index (χ0) is 14.0. The summed E-state index contributed by atoms with van der Waals surface area (Å²) in [5, 5.41) is 2.63. The topological polar surface area (TPSA) is 24.9 Å². The van der Waals surface area contributed by atoms with E-state index >= 15 is 0 Å². The van der Waals surface area contributed by atoms with Crippen LogP contribution in [0, 0.1) is 0 Å². The summed E-state index contributed by atoms with van der Waals surface area (Å²) < 4.78 is 38.7. The molecular formula is C11H7BrClF3N2S. The summed E-state index contributed by atoms with van der Waals surface area (Å²) in [6.45, 7) is 0.390. The Labute approximate surface area is 124 Å². The lowest BCUT2D eigenvalue weighted by molar-refractivity contribution is -0.137. The first kappa shape index (κ1) is 14.6. The van der Waals surface area contributed by atoms with Crippen molar-refractivity contribution in [2.75, 3.05) is 5.32 Å². The fraction of sp³-hybridized carbons (Fsp3) is 0.182. The molecule has 0 aliphatic rings. The van der Waals surface area contributed by atoms with Gasteiger partial charge in [-0.25, -0.2) is 4.98 Å². The van der Waals surface area contributed by atoms with Crippen LogP contribution in [0.4, 0.5) is 19.0 Å². The number of pyridine rings is 1. The lowest BCUT2D eigenvalue weighted by Gasteiger charge is -2.10. The second kappa shape index (κ2) is 5.68. The van der Waals surface area contributed by atoms with E-state index < -0.39 is 11.7 Å². The van der Waals surface area contributed by atoms with Crippen LogP contribution in [0.2, 0.25) is 5.15 Å². The molecule has 0 bridgehead atoms. The number of thiophene rings is 1. The van der Waals surface area contributed by atoms with Crippen molar-refractivity contribution in [2.24, 2.45) is 0 Å². The summed E-state index contributed by atoms with van der Waals surface area (Å²) in [7, 11) is 0. The Bertz CT molecular complexity index is 586. The van der Waals surface area contributed by atoms with Crippen LogP contribution < -0.4 is 5.32 Å². The Balaban J connectivity index is 2.14. The van der Waals surface area contributed by atoms with Gasteiger partial charge in [0.25, 0.3) is 0 Å². The van der Waals surface area contributed by atoms with E-state index in [1.165, 1.54) is 11.3 Å². The van der Waals surface area contributed by atoms with E-state index in [-0.39, 0.29) is 11.0 Å². The molecule has 2 aromatic rings. The first-order chi connectivity index (χ1) is 8.84. The maximum Gasteiger partial charge on any atom is 0.416 e. The predicted molar refractivity (Wildman–Crippen MR) is 73.6 cm³/mol. The molecule has 0 saturated carbocycles. The predicted octanol–water partition coefficient (Wildman–Crippen LogP) is 5.19. The molecule has 0 amide bonds. The molecule has 2 aromatic heterocycles. The highest BCUT2D eigenvalue weighted by Crippen LogP contribution is 2.32. The van der Waals surface area contributed by atoms with Crippen molar-refractivity contribution in [3.63, 3.8) is 0 Å². The number of hydrogen-bond acceptors (Lipinski definition) is 3. The van der Waals surface area contributed by atoms with Gasteiger partial charge in [0.05, 0.1) is 15.9 Å². The largest absolute Gasteiger partial charge is 0.416 e. The molecule has 0 atom stereocenters. The van der Waals surface area contributed by atoms with Crippen molar-refractivity contribution in [3.05, 3.63) is 43.6 Å². The monoisotopic (exact) mass is 370 g/mol. The van der Waals surface area contributed by atoms with E-state index in [0.717, 1.165) is 20.8 Å². The lowest BCUT2D eigenvalue weighted by Crippen LogP contribution is -2.08. The van der Waals surface area contributed by atoms with Crippen molar-refractivity contribution in [1.29, 1.82) is 0 Å². The van der Waals surface area contributed by atoms with Crippen LogP contribution in [0.3, 0.4) is 0 Å². The molecule has 0 aromatic carbocycles. The van der Waals surface area contributed by atoms with Crippen LogP contribution in [0.15, 0.2) is 28.1 Å². The third-order valence-electron chi connectivity index (χ3n) is 2.19. The van der Waals surface area contributed by atoms with Gasteiger partial charge in [-0.2, -0.15) is 13.2 Å². The molecule has 2 rings (SSSR count). The first-order valence-corrected chi connectivity index (χ1v) is 7.06. The van der Waals surface area contributed by atoms with Gasteiger partial charge in [0.2, 0.25) is 0 Å². The van der Waals surface area contributed by atoms with Crippen molar-refractivity contribution in [3.8, 4) is 0 Å². The van der Waals surface area contributed by atoms with E-state index in [1.807, 2.05) is 12.1 Å². The maximum absolute atomic E-state index is 12.6.